The maximum absolute atomic E-state index is 11.3. The normalized spacial score (nSPS) is 14.8. The van der Waals surface area contributed by atoms with Gasteiger partial charge in [-0.3, -0.25) is 0 Å². The highest BCUT2D eigenvalue weighted by molar-refractivity contribution is 6.19. The van der Waals surface area contributed by atoms with Crippen LogP contribution in [0, 0.1) is 0 Å². The van der Waals surface area contributed by atoms with Crippen molar-refractivity contribution in [2.45, 2.75) is 6.42 Å². The molecule has 0 atom stereocenters. The summed E-state index contributed by atoms with van der Waals surface area (Å²) in [4.78, 5) is 11.3. The molecule has 2 N–H and O–H groups in total. The molecule has 2 aromatic carbocycles. The molecule has 0 radical (unpaired) electrons. The number of carboxylic acid groups (broad SMARTS) is 1. The largest absolute Gasteiger partial charge is 0.478 e. The Labute approximate surface area is 109 Å². The van der Waals surface area contributed by atoms with Gasteiger partial charge in [-0.2, -0.15) is 0 Å². The minimum absolute atomic E-state index is 0.166. The predicted octanol–water partition coefficient (Wildman–Crippen LogP) is 2.52. The van der Waals surface area contributed by atoms with Gasteiger partial charge in [-0.15, -0.1) is 0 Å². The van der Waals surface area contributed by atoms with E-state index in [0.29, 0.717) is 17.7 Å². The van der Waals surface area contributed by atoms with Gasteiger partial charge >= 0.3 is 5.97 Å². The summed E-state index contributed by atoms with van der Waals surface area (Å²) in [5.74, 6) is -1.02. The lowest BCUT2D eigenvalue weighted by molar-refractivity contribution is 0.0696. The van der Waals surface area contributed by atoms with E-state index < -0.39 is 5.97 Å². The molecule has 0 aromatic heterocycles. The van der Waals surface area contributed by atoms with Crippen molar-refractivity contribution >= 4 is 11.7 Å². The van der Waals surface area contributed by atoms with Gasteiger partial charge in [0.1, 0.15) is 5.71 Å². The van der Waals surface area contributed by atoms with Gasteiger partial charge in [0.05, 0.1) is 5.56 Å². The van der Waals surface area contributed by atoms with Gasteiger partial charge in [0, 0.05) is 11.1 Å². The van der Waals surface area contributed by atoms with Gasteiger partial charge in [-0.25, -0.2) is 4.79 Å². The summed E-state index contributed by atoms with van der Waals surface area (Å²) in [5, 5.41) is 21.9. The minimum atomic E-state index is -1.02. The van der Waals surface area contributed by atoms with E-state index in [4.69, 9.17) is 0 Å². The third-order valence-electron chi connectivity index (χ3n) is 3.37. The zero-order valence-corrected chi connectivity index (χ0v) is 10.00. The van der Waals surface area contributed by atoms with Crippen molar-refractivity contribution in [3.8, 4) is 0 Å². The summed E-state index contributed by atoms with van der Waals surface area (Å²) in [5.41, 5.74) is 3.69. The molecular formula is C15H11NO3. The van der Waals surface area contributed by atoms with Crippen LogP contribution in [0.1, 0.15) is 32.6 Å². The van der Waals surface area contributed by atoms with Crippen molar-refractivity contribution in [2.24, 2.45) is 5.16 Å². The van der Waals surface area contributed by atoms with Crippen molar-refractivity contribution in [1.82, 2.24) is 0 Å². The lowest BCUT2D eigenvalue weighted by atomic mass is 9.82. The molecule has 0 saturated carbocycles. The first-order valence-corrected chi connectivity index (χ1v) is 5.88. The van der Waals surface area contributed by atoms with Crippen LogP contribution >= 0.6 is 0 Å². The molecule has 2 aromatic rings. The van der Waals surface area contributed by atoms with Gasteiger partial charge in [0.2, 0.25) is 0 Å². The van der Waals surface area contributed by atoms with E-state index in [-0.39, 0.29) is 5.56 Å². The fraction of sp³-hybridized carbons (Fsp3) is 0.0667. The molecular weight excluding hydrogens is 242 g/mol. The molecule has 0 bridgehead atoms. The number of hydrogen-bond acceptors (Lipinski definition) is 3. The standard InChI is InChI=1S/C15H11NO3/c17-15(18)12-7-3-5-10-8-9-4-1-2-6-11(9)14(16-19)13(10)12/h1-7,19H,8H2,(H,17,18)/b16-14-. The Morgan fingerprint density at radius 1 is 1.05 bits per heavy atom. The molecule has 1 aliphatic carbocycles. The monoisotopic (exact) mass is 253 g/mol. The number of hydrogen-bond donors (Lipinski definition) is 2. The summed E-state index contributed by atoms with van der Waals surface area (Å²) in [6.45, 7) is 0. The minimum Gasteiger partial charge on any atom is -0.478 e. The van der Waals surface area contributed by atoms with Gasteiger partial charge in [0.25, 0.3) is 0 Å². The van der Waals surface area contributed by atoms with Gasteiger partial charge in [-0.1, -0.05) is 41.6 Å². The van der Waals surface area contributed by atoms with Gasteiger partial charge in [0.15, 0.2) is 0 Å². The van der Waals surface area contributed by atoms with Crippen LogP contribution in [0.5, 0.6) is 0 Å². The van der Waals surface area contributed by atoms with Crippen LogP contribution in [0.2, 0.25) is 0 Å². The number of aromatic carboxylic acids is 1. The van der Waals surface area contributed by atoms with Crippen LogP contribution in [0.25, 0.3) is 0 Å². The highest BCUT2D eigenvalue weighted by atomic mass is 16.4. The summed E-state index contributed by atoms with van der Waals surface area (Å²) in [7, 11) is 0. The van der Waals surface area contributed by atoms with Gasteiger partial charge in [-0.05, 0) is 23.6 Å². The van der Waals surface area contributed by atoms with Crippen molar-refractivity contribution in [3.63, 3.8) is 0 Å². The second-order valence-corrected chi connectivity index (χ2v) is 4.43. The lowest BCUT2D eigenvalue weighted by Gasteiger charge is -2.21. The number of rotatable bonds is 1. The molecule has 0 fully saturated rings. The number of oxime groups is 1. The summed E-state index contributed by atoms with van der Waals surface area (Å²) < 4.78 is 0. The van der Waals surface area contributed by atoms with Crippen LogP contribution < -0.4 is 0 Å². The van der Waals surface area contributed by atoms with Gasteiger partial charge < -0.3 is 10.3 Å². The highest BCUT2D eigenvalue weighted by Gasteiger charge is 2.26. The first-order chi connectivity index (χ1) is 9.22. The number of carbonyl (C=O) groups is 1. The number of benzene rings is 2. The zero-order valence-electron chi connectivity index (χ0n) is 10.00. The molecule has 4 heteroatoms. The van der Waals surface area contributed by atoms with E-state index in [2.05, 4.69) is 5.16 Å². The Balaban J connectivity index is 2.31. The van der Waals surface area contributed by atoms with Crippen molar-refractivity contribution < 1.29 is 15.1 Å². The first kappa shape index (κ1) is 11.5. The van der Waals surface area contributed by atoms with Crippen LogP contribution in [-0.4, -0.2) is 22.0 Å². The molecule has 19 heavy (non-hydrogen) atoms. The number of nitrogens with zero attached hydrogens (tertiary/aromatic N) is 1. The Kier molecular flexibility index (Phi) is 2.56. The maximum atomic E-state index is 11.3. The Morgan fingerprint density at radius 3 is 2.53 bits per heavy atom. The smallest absolute Gasteiger partial charge is 0.336 e. The van der Waals surface area contributed by atoms with E-state index in [0.717, 1.165) is 16.7 Å². The summed E-state index contributed by atoms with van der Waals surface area (Å²) in [6.07, 6.45) is 0.644. The average Bonchev–Trinajstić information content (AvgIpc) is 2.43. The Morgan fingerprint density at radius 2 is 1.79 bits per heavy atom. The predicted molar refractivity (Wildman–Crippen MR) is 70.1 cm³/mol. The van der Waals surface area contributed by atoms with E-state index in [1.165, 1.54) is 6.07 Å². The maximum Gasteiger partial charge on any atom is 0.336 e. The van der Waals surface area contributed by atoms with Crippen LogP contribution in [0.15, 0.2) is 47.6 Å². The van der Waals surface area contributed by atoms with Crippen LogP contribution in [-0.2, 0) is 6.42 Å². The fourth-order valence-corrected chi connectivity index (χ4v) is 2.55. The van der Waals surface area contributed by atoms with Crippen molar-refractivity contribution in [2.75, 3.05) is 0 Å². The quantitative estimate of drug-likeness (QED) is 0.517. The van der Waals surface area contributed by atoms with Crippen LogP contribution in [0.4, 0.5) is 0 Å². The van der Waals surface area contributed by atoms with Crippen LogP contribution in [0.3, 0.4) is 0 Å². The fourth-order valence-electron chi connectivity index (χ4n) is 2.55. The SMILES string of the molecule is O=C(O)c1cccc2c1/C(=N\O)c1ccccc1C2. The molecule has 0 spiro atoms. The second kappa shape index (κ2) is 4.24. The molecule has 0 saturated heterocycles. The first-order valence-electron chi connectivity index (χ1n) is 5.88. The van der Waals surface area contributed by atoms with E-state index in [1.807, 2.05) is 30.3 Å². The molecule has 4 nitrogen and oxygen atoms in total. The van der Waals surface area contributed by atoms with E-state index >= 15 is 0 Å². The highest BCUT2D eigenvalue weighted by Crippen LogP contribution is 2.29. The van der Waals surface area contributed by atoms with E-state index in [1.54, 1.807) is 6.07 Å². The number of carboxylic acids is 1. The van der Waals surface area contributed by atoms with Crippen molar-refractivity contribution in [3.05, 3.63) is 70.3 Å². The molecule has 0 aliphatic heterocycles. The summed E-state index contributed by atoms with van der Waals surface area (Å²) in [6, 6.07) is 12.7. The topological polar surface area (TPSA) is 69.9 Å². The molecule has 1 aliphatic rings. The molecule has 0 unspecified atom stereocenters. The molecule has 94 valence electrons. The Bertz CT molecular complexity index is 704. The molecule has 0 amide bonds. The third-order valence-corrected chi connectivity index (χ3v) is 3.37. The second-order valence-electron chi connectivity index (χ2n) is 4.43. The molecule has 0 heterocycles. The third kappa shape index (κ3) is 1.69. The summed E-state index contributed by atoms with van der Waals surface area (Å²) >= 11 is 0. The van der Waals surface area contributed by atoms with E-state index in [9.17, 15) is 15.1 Å². The zero-order chi connectivity index (χ0) is 13.4. The Hall–Kier alpha value is -2.62. The average molecular weight is 253 g/mol. The van der Waals surface area contributed by atoms with Crippen molar-refractivity contribution in [1.29, 1.82) is 0 Å². The molecule has 3 rings (SSSR count). The lowest BCUT2D eigenvalue weighted by Crippen LogP contribution is -2.20. The number of fused-ring (bicyclic) bond motifs is 2.